The molecule has 3 aromatic rings. The van der Waals surface area contributed by atoms with E-state index in [-0.39, 0.29) is 17.5 Å². The molecule has 4 rings (SSSR count). The van der Waals surface area contributed by atoms with E-state index in [1.165, 1.54) is 0 Å². The number of likely N-dealkylation sites (N-methyl/N-ethyl adjacent to an activating group) is 1. The van der Waals surface area contributed by atoms with Gasteiger partial charge in [0, 0.05) is 50.8 Å². The quantitative estimate of drug-likeness (QED) is 0.636. The zero-order chi connectivity index (χ0) is 19.5. The third-order valence-corrected chi connectivity index (χ3v) is 5.21. The van der Waals surface area contributed by atoms with Gasteiger partial charge in [-0.3, -0.25) is 19.1 Å². The Labute approximate surface area is 163 Å². The lowest BCUT2D eigenvalue weighted by atomic mass is 10.2. The number of para-hydroxylation sites is 1. The lowest BCUT2D eigenvalue weighted by molar-refractivity contribution is -0.129. The molecule has 0 bridgehead atoms. The fourth-order valence-corrected chi connectivity index (χ4v) is 3.44. The average Bonchev–Trinajstić information content (AvgIpc) is 3.56. The van der Waals surface area contributed by atoms with Crippen molar-refractivity contribution >= 4 is 16.8 Å². The first kappa shape index (κ1) is 18.3. The fourth-order valence-electron chi connectivity index (χ4n) is 3.44. The zero-order valence-electron chi connectivity index (χ0n) is 16.0. The van der Waals surface area contributed by atoms with Crippen LogP contribution in [0.15, 0.2) is 53.5 Å². The van der Waals surface area contributed by atoms with E-state index in [4.69, 9.17) is 4.98 Å². The van der Waals surface area contributed by atoms with E-state index >= 15 is 0 Å². The second-order valence-electron chi connectivity index (χ2n) is 7.34. The van der Waals surface area contributed by atoms with E-state index in [2.05, 4.69) is 4.98 Å². The van der Waals surface area contributed by atoms with Crippen molar-refractivity contribution < 1.29 is 4.79 Å². The Morgan fingerprint density at radius 2 is 1.93 bits per heavy atom. The van der Waals surface area contributed by atoms with Gasteiger partial charge in [0.05, 0.1) is 10.9 Å². The number of benzene rings is 1. The highest BCUT2D eigenvalue weighted by molar-refractivity contribution is 5.78. The minimum atomic E-state index is 0.0130. The van der Waals surface area contributed by atoms with Crippen LogP contribution in [0.25, 0.3) is 10.9 Å². The molecule has 1 aromatic carbocycles. The van der Waals surface area contributed by atoms with Crippen molar-refractivity contribution in [2.75, 3.05) is 13.6 Å². The van der Waals surface area contributed by atoms with Gasteiger partial charge in [-0.25, -0.2) is 4.98 Å². The van der Waals surface area contributed by atoms with Crippen LogP contribution in [0.5, 0.6) is 0 Å². The SMILES string of the molecule is CN(CCc1ccccn1)C(=O)CCc1nc2ccccc2c(=O)n1C1CC1. The summed E-state index contributed by atoms with van der Waals surface area (Å²) in [4.78, 5) is 36.2. The minimum Gasteiger partial charge on any atom is -0.345 e. The van der Waals surface area contributed by atoms with Gasteiger partial charge in [0.15, 0.2) is 0 Å². The number of pyridine rings is 1. The molecule has 0 radical (unpaired) electrons. The van der Waals surface area contributed by atoms with E-state index < -0.39 is 0 Å². The Bertz CT molecular complexity index is 1040. The van der Waals surface area contributed by atoms with E-state index in [9.17, 15) is 9.59 Å². The molecular formula is C22H24N4O2. The lowest BCUT2D eigenvalue weighted by Crippen LogP contribution is -2.30. The average molecular weight is 376 g/mol. The summed E-state index contributed by atoms with van der Waals surface area (Å²) in [5, 5.41) is 0.650. The number of fused-ring (bicyclic) bond motifs is 1. The van der Waals surface area contributed by atoms with Crippen molar-refractivity contribution in [1.82, 2.24) is 19.4 Å². The molecule has 0 spiro atoms. The highest BCUT2D eigenvalue weighted by Gasteiger charge is 2.28. The Balaban J connectivity index is 1.45. The molecule has 0 unspecified atom stereocenters. The van der Waals surface area contributed by atoms with Gasteiger partial charge in [-0.1, -0.05) is 18.2 Å². The summed E-state index contributed by atoms with van der Waals surface area (Å²) in [6.45, 7) is 0.621. The highest BCUT2D eigenvalue weighted by atomic mass is 16.2. The van der Waals surface area contributed by atoms with E-state index in [1.807, 2.05) is 54.1 Å². The number of hydrogen-bond acceptors (Lipinski definition) is 4. The second-order valence-corrected chi connectivity index (χ2v) is 7.34. The number of aryl methyl sites for hydroxylation is 1. The van der Waals surface area contributed by atoms with Crippen LogP contribution in [0.2, 0.25) is 0 Å². The predicted molar refractivity (Wildman–Crippen MR) is 108 cm³/mol. The Hall–Kier alpha value is -3.02. The van der Waals surface area contributed by atoms with Crippen LogP contribution in [-0.2, 0) is 17.6 Å². The topological polar surface area (TPSA) is 68.1 Å². The zero-order valence-corrected chi connectivity index (χ0v) is 16.0. The molecule has 1 aliphatic rings. The molecule has 1 fully saturated rings. The summed E-state index contributed by atoms with van der Waals surface area (Å²) < 4.78 is 1.81. The van der Waals surface area contributed by atoms with Gasteiger partial charge in [-0.15, -0.1) is 0 Å². The minimum absolute atomic E-state index is 0.0130. The number of rotatable bonds is 7. The van der Waals surface area contributed by atoms with Gasteiger partial charge >= 0.3 is 0 Å². The first-order chi connectivity index (χ1) is 13.6. The van der Waals surface area contributed by atoms with Crippen molar-refractivity contribution in [3.63, 3.8) is 0 Å². The van der Waals surface area contributed by atoms with E-state index in [1.54, 1.807) is 11.1 Å². The predicted octanol–water partition coefficient (Wildman–Crippen LogP) is 2.76. The van der Waals surface area contributed by atoms with Crippen LogP contribution in [-0.4, -0.2) is 38.9 Å². The van der Waals surface area contributed by atoms with Crippen molar-refractivity contribution in [3.05, 3.63) is 70.5 Å². The number of hydrogen-bond donors (Lipinski definition) is 0. The summed E-state index contributed by atoms with van der Waals surface area (Å²) in [7, 11) is 1.81. The Kier molecular flexibility index (Phi) is 5.19. The summed E-state index contributed by atoms with van der Waals surface area (Å²) in [6.07, 6.45) is 5.32. The highest BCUT2D eigenvalue weighted by Crippen LogP contribution is 2.34. The van der Waals surface area contributed by atoms with Crippen LogP contribution in [0.4, 0.5) is 0 Å². The summed E-state index contributed by atoms with van der Waals surface area (Å²) in [5.41, 5.74) is 1.69. The molecule has 144 valence electrons. The normalized spacial score (nSPS) is 13.6. The molecule has 28 heavy (non-hydrogen) atoms. The second kappa shape index (κ2) is 7.92. The molecule has 6 nitrogen and oxygen atoms in total. The van der Waals surface area contributed by atoms with Crippen molar-refractivity contribution in [3.8, 4) is 0 Å². The first-order valence-electron chi connectivity index (χ1n) is 9.77. The molecular weight excluding hydrogens is 352 g/mol. The van der Waals surface area contributed by atoms with E-state index in [0.717, 1.165) is 30.8 Å². The van der Waals surface area contributed by atoms with Gasteiger partial charge in [0.2, 0.25) is 5.91 Å². The fraction of sp³-hybridized carbons (Fsp3) is 0.364. The van der Waals surface area contributed by atoms with Crippen LogP contribution in [0, 0.1) is 0 Å². The standard InChI is InChI=1S/C22H24N4O2/c1-25(15-13-16-6-4-5-14-23-16)21(27)12-11-20-24-19-8-3-2-7-18(19)22(28)26(20)17-9-10-17/h2-8,14,17H,9-13,15H2,1H3. The van der Waals surface area contributed by atoms with Gasteiger partial charge in [0.1, 0.15) is 5.82 Å². The van der Waals surface area contributed by atoms with Gasteiger partial charge < -0.3 is 4.90 Å². The van der Waals surface area contributed by atoms with Crippen molar-refractivity contribution in [1.29, 1.82) is 0 Å². The Morgan fingerprint density at radius 3 is 2.68 bits per heavy atom. The molecule has 1 saturated carbocycles. The smallest absolute Gasteiger partial charge is 0.261 e. The maximum absolute atomic E-state index is 12.9. The molecule has 1 amide bonds. The maximum atomic E-state index is 12.9. The summed E-state index contributed by atoms with van der Waals surface area (Å²) >= 11 is 0. The van der Waals surface area contributed by atoms with Gasteiger partial charge in [-0.2, -0.15) is 0 Å². The number of aromatic nitrogens is 3. The third kappa shape index (κ3) is 3.96. The molecule has 0 aliphatic heterocycles. The lowest BCUT2D eigenvalue weighted by Gasteiger charge is -2.18. The molecule has 0 N–H and O–H groups in total. The maximum Gasteiger partial charge on any atom is 0.261 e. The number of carbonyl (C=O) groups excluding carboxylic acids is 1. The van der Waals surface area contributed by atoms with Crippen molar-refractivity contribution in [2.24, 2.45) is 0 Å². The van der Waals surface area contributed by atoms with Crippen LogP contribution < -0.4 is 5.56 Å². The number of nitrogens with zero attached hydrogens (tertiary/aromatic N) is 4. The molecule has 2 heterocycles. The number of amides is 1. The van der Waals surface area contributed by atoms with Crippen molar-refractivity contribution in [2.45, 2.75) is 38.1 Å². The molecule has 1 aliphatic carbocycles. The molecule has 6 heteroatoms. The molecule has 0 atom stereocenters. The van der Waals surface area contributed by atoms with Crippen LogP contribution in [0.1, 0.15) is 36.8 Å². The molecule has 2 aromatic heterocycles. The monoisotopic (exact) mass is 376 g/mol. The van der Waals surface area contributed by atoms with Gasteiger partial charge in [0.25, 0.3) is 5.56 Å². The van der Waals surface area contributed by atoms with Crippen LogP contribution in [0.3, 0.4) is 0 Å². The summed E-state index contributed by atoms with van der Waals surface area (Å²) in [5.74, 6) is 0.776. The van der Waals surface area contributed by atoms with Crippen LogP contribution >= 0.6 is 0 Å². The van der Waals surface area contributed by atoms with E-state index in [0.29, 0.717) is 30.3 Å². The largest absolute Gasteiger partial charge is 0.345 e. The molecule has 0 saturated heterocycles. The first-order valence-corrected chi connectivity index (χ1v) is 9.77. The summed E-state index contributed by atoms with van der Waals surface area (Å²) in [6, 6.07) is 13.5. The number of carbonyl (C=O) groups is 1. The van der Waals surface area contributed by atoms with Gasteiger partial charge in [-0.05, 0) is 37.1 Å². The Morgan fingerprint density at radius 1 is 1.14 bits per heavy atom. The third-order valence-electron chi connectivity index (χ3n) is 5.21.